The first-order chi connectivity index (χ1) is 11.5. The van der Waals surface area contributed by atoms with Crippen molar-refractivity contribution in [1.29, 1.82) is 0 Å². The van der Waals surface area contributed by atoms with E-state index in [0.29, 0.717) is 19.4 Å². The third-order valence-electron chi connectivity index (χ3n) is 4.20. The van der Waals surface area contributed by atoms with E-state index in [-0.39, 0.29) is 12.5 Å². The number of anilines is 1. The maximum absolute atomic E-state index is 12.0. The molecule has 3 heterocycles. The molecule has 1 aliphatic heterocycles. The van der Waals surface area contributed by atoms with Crippen LogP contribution < -0.4 is 10.2 Å². The van der Waals surface area contributed by atoms with E-state index in [2.05, 4.69) is 20.2 Å². The minimum absolute atomic E-state index is 0.0547. The van der Waals surface area contributed by atoms with Gasteiger partial charge in [-0.2, -0.15) is 0 Å². The Hall–Kier alpha value is -1.99. The number of nitrogens with one attached hydrogen (secondary N) is 1. The molecule has 1 fully saturated rings. The predicted octanol–water partition coefficient (Wildman–Crippen LogP) is 1.54. The summed E-state index contributed by atoms with van der Waals surface area (Å²) in [4.78, 5) is 23.5. The maximum atomic E-state index is 12.0. The summed E-state index contributed by atoms with van der Waals surface area (Å²) in [5, 5.41) is 15.7. The number of aliphatic hydroxyl groups is 1. The van der Waals surface area contributed by atoms with E-state index < -0.39 is 5.60 Å². The molecule has 0 spiro atoms. The van der Waals surface area contributed by atoms with Gasteiger partial charge in [-0.25, -0.2) is 9.97 Å². The lowest BCUT2D eigenvalue weighted by Crippen LogP contribution is -2.54. The highest BCUT2D eigenvalue weighted by Gasteiger charge is 2.34. The molecule has 0 bridgehead atoms. The minimum Gasteiger partial charge on any atom is -0.386 e. The van der Waals surface area contributed by atoms with E-state index in [1.807, 2.05) is 30.5 Å². The van der Waals surface area contributed by atoms with Crippen LogP contribution in [-0.4, -0.2) is 46.2 Å². The molecule has 2 N–H and O–H groups in total. The monoisotopic (exact) mass is 346 g/mol. The first-order valence-electron chi connectivity index (χ1n) is 8.09. The predicted molar refractivity (Wildman–Crippen MR) is 94.2 cm³/mol. The van der Waals surface area contributed by atoms with Gasteiger partial charge in [0.15, 0.2) is 0 Å². The summed E-state index contributed by atoms with van der Waals surface area (Å²) in [6, 6.07) is 5.80. The van der Waals surface area contributed by atoms with Crippen molar-refractivity contribution in [1.82, 2.24) is 15.3 Å². The van der Waals surface area contributed by atoms with E-state index in [0.717, 1.165) is 29.4 Å². The highest BCUT2D eigenvalue weighted by Crippen LogP contribution is 2.24. The van der Waals surface area contributed by atoms with Gasteiger partial charge in [-0.1, -0.05) is 6.07 Å². The Balaban J connectivity index is 1.57. The number of hydrogen-bond donors (Lipinski definition) is 2. The first kappa shape index (κ1) is 16.9. The molecule has 128 valence electrons. The van der Waals surface area contributed by atoms with E-state index in [1.165, 1.54) is 0 Å². The number of amides is 1. The van der Waals surface area contributed by atoms with Gasteiger partial charge in [0.2, 0.25) is 5.91 Å². The zero-order valence-corrected chi connectivity index (χ0v) is 14.6. The van der Waals surface area contributed by atoms with Crippen molar-refractivity contribution in [3.05, 3.63) is 40.5 Å². The van der Waals surface area contributed by atoms with Crippen LogP contribution in [0.15, 0.2) is 29.9 Å². The third kappa shape index (κ3) is 4.30. The van der Waals surface area contributed by atoms with Crippen LogP contribution in [0.5, 0.6) is 0 Å². The second-order valence-corrected chi connectivity index (χ2v) is 7.33. The van der Waals surface area contributed by atoms with Crippen molar-refractivity contribution in [2.45, 2.75) is 31.8 Å². The number of aryl methyl sites for hydroxylation is 1. The fraction of sp³-hybridized carbons (Fsp3) is 0.471. The number of carbonyl (C=O) groups is 1. The molecule has 2 aromatic heterocycles. The second kappa shape index (κ2) is 7.27. The van der Waals surface area contributed by atoms with Crippen molar-refractivity contribution in [3.8, 4) is 0 Å². The molecule has 1 amide bonds. The molecule has 0 aliphatic carbocycles. The maximum Gasteiger partial charge on any atom is 0.225 e. The van der Waals surface area contributed by atoms with Gasteiger partial charge in [0.1, 0.15) is 12.1 Å². The molecular weight excluding hydrogens is 324 g/mol. The van der Waals surface area contributed by atoms with Crippen LogP contribution in [0.3, 0.4) is 0 Å². The van der Waals surface area contributed by atoms with Crippen LogP contribution in [0, 0.1) is 6.92 Å². The summed E-state index contributed by atoms with van der Waals surface area (Å²) >= 11 is 1.57. The Morgan fingerprint density at radius 1 is 1.50 bits per heavy atom. The topological polar surface area (TPSA) is 78.4 Å². The number of rotatable bonds is 5. The quantitative estimate of drug-likeness (QED) is 0.859. The van der Waals surface area contributed by atoms with Gasteiger partial charge in [0, 0.05) is 36.3 Å². The minimum atomic E-state index is -0.928. The SMILES string of the molecule is Cc1cc(N2CCCC(O)(CNC(=O)Cc3cccs3)C2)ncn1. The molecule has 1 saturated heterocycles. The van der Waals surface area contributed by atoms with Crippen LogP contribution in [-0.2, 0) is 11.2 Å². The van der Waals surface area contributed by atoms with Gasteiger partial charge in [-0.05, 0) is 31.2 Å². The first-order valence-corrected chi connectivity index (χ1v) is 8.97. The summed E-state index contributed by atoms with van der Waals surface area (Å²) in [6.07, 6.45) is 3.44. The molecule has 0 radical (unpaired) electrons. The molecule has 1 aliphatic rings. The Bertz CT molecular complexity index is 692. The standard InChI is InChI=1S/C17H22N4O2S/c1-13-8-15(20-12-19-13)21-6-3-5-17(23,11-21)10-18-16(22)9-14-4-2-7-24-14/h2,4,7-8,12,23H,3,5-6,9-11H2,1H3,(H,18,22). The smallest absolute Gasteiger partial charge is 0.225 e. The van der Waals surface area contributed by atoms with Crippen LogP contribution in [0.2, 0.25) is 0 Å². The number of hydrogen-bond acceptors (Lipinski definition) is 6. The van der Waals surface area contributed by atoms with Gasteiger partial charge in [-0.15, -0.1) is 11.3 Å². The Morgan fingerprint density at radius 3 is 3.12 bits per heavy atom. The average Bonchev–Trinajstić information content (AvgIpc) is 3.06. The van der Waals surface area contributed by atoms with E-state index in [9.17, 15) is 9.90 Å². The fourth-order valence-corrected chi connectivity index (χ4v) is 3.67. The largest absolute Gasteiger partial charge is 0.386 e. The lowest BCUT2D eigenvalue weighted by molar-refractivity contribution is -0.121. The van der Waals surface area contributed by atoms with Gasteiger partial charge in [0.25, 0.3) is 0 Å². The Kier molecular flexibility index (Phi) is 5.11. The molecule has 0 saturated carbocycles. The van der Waals surface area contributed by atoms with Crippen LogP contribution >= 0.6 is 11.3 Å². The number of β-amino-alcohol motifs (C(OH)–C–C–N with tert-alkyl or cyclic N) is 1. The van der Waals surface area contributed by atoms with Crippen molar-refractivity contribution >= 4 is 23.1 Å². The van der Waals surface area contributed by atoms with E-state index in [1.54, 1.807) is 17.7 Å². The summed E-state index contributed by atoms with van der Waals surface area (Å²) in [6.45, 7) is 3.49. The van der Waals surface area contributed by atoms with Crippen LogP contribution in [0.1, 0.15) is 23.4 Å². The number of nitrogens with zero attached hydrogens (tertiary/aromatic N) is 3. The lowest BCUT2D eigenvalue weighted by atomic mass is 9.92. The molecule has 7 heteroatoms. The Labute approximate surface area is 145 Å². The Morgan fingerprint density at radius 2 is 2.38 bits per heavy atom. The lowest BCUT2D eigenvalue weighted by Gasteiger charge is -2.39. The van der Waals surface area contributed by atoms with Gasteiger partial charge in [0.05, 0.1) is 12.0 Å². The van der Waals surface area contributed by atoms with Crippen molar-refractivity contribution in [3.63, 3.8) is 0 Å². The van der Waals surface area contributed by atoms with Gasteiger partial charge < -0.3 is 15.3 Å². The molecule has 6 nitrogen and oxygen atoms in total. The fourth-order valence-electron chi connectivity index (χ4n) is 2.96. The average molecular weight is 346 g/mol. The molecule has 24 heavy (non-hydrogen) atoms. The number of piperidine rings is 1. The van der Waals surface area contributed by atoms with Crippen molar-refractivity contribution in [2.24, 2.45) is 0 Å². The molecule has 1 atom stereocenters. The highest BCUT2D eigenvalue weighted by molar-refractivity contribution is 7.10. The number of aromatic nitrogens is 2. The summed E-state index contributed by atoms with van der Waals surface area (Å²) in [5.41, 5.74) is -0.0271. The third-order valence-corrected chi connectivity index (χ3v) is 5.07. The summed E-state index contributed by atoms with van der Waals surface area (Å²) in [7, 11) is 0. The molecule has 0 aromatic carbocycles. The molecule has 1 unspecified atom stereocenters. The highest BCUT2D eigenvalue weighted by atomic mass is 32.1. The van der Waals surface area contributed by atoms with E-state index >= 15 is 0 Å². The van der Waals surface area contributed by atoms with E-state index in [4.69, 9.17) is 0 Å². The molecular formula is C17H22N4O2S. The zero-order chi connectivity index (χ0) is 17.0. The molecule has 2 aromatic rings. The van der Waals surface area contributed by atoms with Crippen LogP contribution in [0.4, 0.5) is 5.82 Å². The van der Waals surface area contributed by atoms with Crippen molar-refractivity contribution < 1.29 is 9.90 Å². The summed E-state index contributed by atoms with van der Waals surface area (Å²) in [5.74, 6) is 0.770. The van der Waals surface area contributed by atoms with Gasteiger partial charge in [-0.3, -0.25) is 4.79 Å². The normalized spacial score (nSPS) is 20.8. The number of thiophene rings is 1. The number of carbonyl (C=O) groups excluding carboxylic acids is 1. The van der Waals surface area contributed by atoms with Crippen molar-refractivity contribution in [2.75, 3.05) is 24.5 Å². The molecule has 3 rings (SSSR count). The summed E-state index contributed by atoms with van der Waals surface area (Å²) < 4.78 is 0. The van der Waals surface area contributed by atoms with Gasteiger partial charge >= 0.3 is 0 Å². The zero-order valence-electron chi connectivity index (χ0n) is 13.7. The van der Waals surface area contributed by atoms with Crippen LogP contribution in [0.25, 0.3) is 0 Å². The second-order valence-electron chi connectivity index (χ2n) is 6.30.